The number of piperidine rings is 1. The molecule has 1 fully saturated rings. The smallest absolute Gasteiger partial charge is 0.343 e. The van der Waals surface area contributed by atoms with E-state index in [1.165, 1.54) is 25.3 Å². The molecule has 1 saturated heterocycles. The summed E-state index contributed by atoms with van der Waals surface area (Å²) < 4.78 is 24.0. The van der Waals surface area contributed by atoms with Gasteiger partial charge in [0.05, 0.1) is 7.11 Å². The van der Waals surface area contributed by atoms with Crippen molar-refractivity contribution in [3.8, 4) is 17.1 Å². The number of benzene rings is 1. The molecule has 0 aliphatic carbocycles. The molecule has 0 saturated carbocycles. The number of aromatic nitrogens is 1. The standard InChI is InChI=1S/C19H24FN3O4/c1-22-8-6-12(7-9-22)11-23(2)18-16(19(24)25)17(27-21-18)13-4-5-14(20)15(10-13)26-3/h4-5,10,12H,6-9,11H2,1-3H3,(H,24,25). The molecule has 2 heterocycles. The van der Waals surface area contributed by atoms with Gasteiger partial charge < -0.3 is 24.2 Å². The lowest BCUT2D eigenvalue weighted by molar-refractivity contribution is 0.0697. The van der Waals surface area contributed by atoms with E-state index in [1.54, 1.807) is 0 Å². The molecule has 0 unspecified atom stereocenters. The van der Waals surface area contributed by atoms with Crippen molar-refractivity contribution in [3.05, 3.63) is 29.6 Å². The molecular formula is C19H24FN3O4. The van der Waals surface area contributed by atoms with E-state index in [1.807, 2.05) is 11.9 Å². The van der Waals surface area contributed by atoms with Gasteiger partial charge in [0, 0.05) is 19.2 Å². The first-order chi connectivity index (χ1) is 12.9. The van der Waals surface area contributed by atoms with Gasteiger partial charge in [0.2, 0.25) is 0 Å². The number of ether oxygens (including phenoxy) is 1. The first-order valence-corrected chi connectivity index (χ1v) is 8.87. The molecule has 27 heavy (non-hydrogen) atoms. The third kappa shape index (κ3) is 4.05. The van der Waals surface area contributed by atoms with E-state index in [4.69, 9.17) is 9.26 Å². The van der Waals surface area contributed by atoms with E-state index in [9.17, 15) is 14.3 Å². The largest absolute Gasteiger partial charge is 0.494 e. The molecule has 0 atom stereocenters. The lowest BCUT2D eigenvalue weighted by atomic mass is 9.96. The Bertz CT molecular complexity index is 815. The number of carboxylic acids is 1. The number of hydrogen-bond donors (Lipinski definition) is 1. The van der Waals surface area contributed by atoms with Crippen LogP contribution in [0, 0.1) is 11.7 Å². The zero-order valence-corrected chi connectivity index (χ0v) is 15.7. The van der Waals surface area contributed by atoms with Gasteiger partial charge in [-0.15, -0.1) is 0 Å². The lowest BCUT2D eigenvalue weighted by Crippen LogP contribution is -2.36. The third-order valence-electron chi connectivity index (χ3n) is 5.03. The van der Waals surface area contributed by atoms with Gasteiger partial charge in [0.25, 0.3) is 0 Å². The van der Waals surface area contributed by atoms with E-state index in [0.29, 0.717) is 18.0 Å². The van der Waals surface area contributed by atoms with Gasteiger partial charge in [0.1, 0.15) is 0 Å². The van der Waals surface area contributed by atoms with Crippen molar-refractivity contribution in [2.75, 3.05) is 45.7 Å². The summed E-state index contributed by atoms with van der Waals surface area (Å²) in [4.78, 5) is 16.0. The fourth-order valence-electron chi connectivity index (χ4n) is 3.45. The van der Waals surface area contributed by atoms with Crippen LogP contribution in [-0.2, 0) is 0 Å². The van der Waals surface area contributed by atoms with Crippen molar-refractivity contribution in [2.24, 2.45) is 5.92 Å². The normalized spacial score (nSPS) is 15.7. The average Bonchev–Trinajstić information content (AvgIpc) is 3.09. The van der Waals surface area contributed by atoms with E-state index in [-0.39, 0.29) is 22.9 Å². The Morgan fingerprint density at radius 2 is 2.15 bits per heavy atom. The maximum Gasteiger partial charge on any atom is 0.343 e. The van der Waals surface area contributed by atoms with Crippen LogP contribution < -0.4 is 9.64 Å². The predicted octanol–water partition coefficient (Wildman–Crippen LogP) is 2.97. The summed E-state index contributed by atoms with van der Waals surface area (Å²) in [6.45, 7) is 2.76. The molecule has 2 aromatic rings. The number of methoxy groups -OCH3 is 1. The number of aromatic carboxylic acids is 1. The molecule has 0 spiro atoms. The van der Waals surface area contributed by atoms with E-state index in [0.717, 1.165) is 25.9 Å². The first kappa shape index (κ1) is 19.2. The lowest BCUT2D eigenvalue weighted by Gasteiger charge is -2.31. The van der Waals surface area contributed by atoms with Gasteiger partial charge in [-0.2, -0.15) is 0 Å². The molecule has 0 radical (unpaired) electrons. The van der Waals surface area contributed by atoms with Crippen LogP contribution in [0.25, 0.3) is 11.3 Å². The molecule has 0 bridgehead atoms. The Balaban J connectivity index is 1.88. The maximum atomic E-state index is 13.7. The number of anilines is 1. The topological polar surface area (TPSA) is 79.0 Å². The minimum atomic E-state index is -1.14. The van der Waals surface area contributed by atoms with Crippen LogP contribution in [0.4, 0.5) is 10.2 Å². The third-order valence-corrected chi connectivity index (χ3v) is 5.03. The zero-order chi connectivity index (χ0) is 19.6. The summed E-state index contributed by atoms with van der Waals surface area (Å²) in [5, 5.41) is 13.7. The van der Waals surface area contributed by atoms with Crippen molar-refractivity contribution in [1.29, 1.82) is 0 Å². The molecule has 146 valence electrons. The van der Waals surface area contributed by atoms with Crippen molar-refractivity contribution in [3.63, 3.8) is 0 Å². The zero-order valence-electron chi connectivity index (χ0n) is 15.7. The summed E-state index contributed by atoms with van der Waals surface area (Å²) in [6.07, 6.45) is 2.12. The summed E-state index contributed by atoms with van der Waals surface area (Å²) in [5.41, 5.74) is 0.371. The van der Waals surface area contributed by atoms with E-state index < -0.39 is 11.8 Å². The molecule has 1 N–H and O–H groups in total. The SMILES string of the molecule is COc1cc(-c2onc(N(C)CC3CCN(C)CC3)c2C(=O)O)ccc1F. The number of rotatable bonds is 6. The Morgan fingerprint density at radius 1 is 1.44 bits per heavy atom. The summed E-state index contributed by atoms with van der Waals surface area (Å²) in [7, 11) is 5.27. The Kier molecular flexibility index (Phi) is 5.65. The number of hydrogen-bond acceptors (Lipinski definition) is 6. The van der Waals surface area contributed by atoms with Gasteiger partial charge in [-0.25, -0.2) is 9.18 Å². The van der Waals surface area contributed by atoms with Gasteiger partial charge in [-0.3, -0.25) is 0 Å². The summed E-state index contributed by atoms with van der Waals surface area (Å²) in [5.74, 6) is -0.817. The number of likely N-dealkylation sites (tertiary alicyclic amines) is 1. The molecule has 7 nitrogen and oxygen atoms in total. The molecule has 3 rings (SSSR count). The second-order valence-corrected chi connectivity index (χ2v) is 6.99. The highest BCUT2D eigenvalue weighted by Gasteiger charge is 2.28. The molecule has 1 aliphatic heterocycles. The van der Waals surface area contributed by atoms with Crippen molar-refractivity contribution in [1.82, 2.24) is 10.1 Å². The van der Waals surface area contributed by atoms with Crippen LogP contribution >= 0.6 is 0 Å². The van der Waals surface area contributed by atoms with E-state index >= 15 is 0 Å². The Morgan fingerprint density at radius 3 is 2.78 bits per heavy atom. The predicted molar refractivity (Wildman–Crippen MR) is 98.9 cm³/mol. The summed E-state index contributed by atoms with van der Waals surface area (Å²) in [6, 6.07) is 4.07. The monoisotopic (exact) mass is 377 g/mol. The maximum absolute atomic E-state index is 13.7. The van der Waals surface area contributed by atoms with Crippen molar-refractivity contribution < 1.29 is 23.6 Å². The molecular weight excluding hydrogens is 353 g/mol. The highest BCUT2D eigenvalue weighted by molar-refractivity contribution is 5.99. The number of halogens is 1. The fourth-order valence-corrected chi connectivity index (χ4v) is 3.45. The molecule has 0 amide bonds. The second-order valence-electron chi connectivity index (χ2n) is 6.99. The Labute approximate surface area is 157 Å². The van der Waals surface area contributed by atoms with Crippen molar-refractivity contribution >= 4 is 11.8 Å². The highest BCUT2D eigenvalue weighted by atomic mass is 19.1. The van der Waals surface area contributed by atoms with Gasteiger partial charge in [-0.05, 0) is 57.1 Å². The van der Waals surface area contributed by atoms with Gasteiger partial charge in [0.15, 0.2) is 28.7 Å². The van der Waals surface area contributed by atoms with E-state index in [2.05, 4.69) is 17.1 Å². The van der Waals surface area contributed by atoms with Gasteiger partial charge in [-0.1, -0.05) is 5.16 Å². The minimum Gasteiger partial charge on any atom is -0.494 e. The summed E-state index contributed by atoms with van der Waals surface area (Å²) >= 11 is 0. The number of carbonyl (C=O) groups is 1. The molecule has 1 aliphatic rings. The second kappa shape index (κ2) is 7.96. The first-order valence-electron chi connectivity index (χ1n) is 8.87. The minimum absolute atomic E-state index is 0.0152. The van der Waals surface area contributed by atoms with Gasteiger partial charge >= 0.3 is 5.97 Å². The number of nitrogens with zero attached hydrogens (tertiary/aromatic N) is 3. The molecule has 1 aromatic heterocycles. The fraction of sp³-hybridized carbons (Fsp3) is 0.474. The van der Waals surface area contributed by atoms with Crippen LogP contribution in [0.3, 0.4) is 0 Å². The van der Waals surface area contributed by atoms with Crippen LogP contribution in [0.1, 0.15) is 23.2 Å². The van der Waals surface area contributed by atoms with Crippen LogP contribution in [0.2, 0.25) is 0 Å². The average molecular weight is 377 g/mol. The van der Waals surface area contributed by atoms with Crippen molar-refractivity contribution in [2.45, 2.75) is 12.8 Å². The number of carboxylic acid groups (broad SMARTS) is 1. The van der Waals surface area contributed by atoms with Crippen LogP contribution in [0.15, 0.2) is 22.7 Å². The molecule has 8 heteroatoms. The van der Waals surface area contributed by atoms with Crippen LogP contribution in [0.5, 0.6) is 5.75 Å². The molecule has 1 aromatic carbocycles. The quantitative estimate of drug-likeness (QED) is 0.829. The van der Waals surface area contributed by atoms with Crippen LogP contribution in [-0.4, -0.2) is 62.0 Å². The Hall–Kier alpha value is -2.61. The highest BCUT2D eigenvalue weighted by Crippen LogP contribution is 2.34.